The van der Waals surface area contributed by atoms with E-state index in [9.17, 15) is 4.79 Å². The molecule has 0 aliphatic carbocycles. The van der Waals surface area contributed by atoms with Gasteiger partial charge in [0.15, 0.2) is 0 Å². The second kappa shape index (κ2) is 6.10. The summed E-state index contributed by atoms with van der Waals surface area (Å²) in [5.74, 6) is 0.688. The summed E-state index contributed by atoms with van der Waals surface area (Å²) in [7, 11) is 0. The second-order valence-electron chi connectivity index (χ2n) is 3.75. The molecule has 1 rings (SSSR count). The Kier molecular flexibility index (Phi) is 5.08. The standard InChI is InChI=1S/C13H16OTe/c1-10(2)9-13(11(3)14)15-12-7-5-4-6-8-12/h4-10H,1-3H3/b13-9-. The monoisotopic (exact) mass is 318 g/mol. The predicted octanol–water partition coefficient (Wildman–Crippen LogP) is 2.14. The van der Waals surface area contributed by atoms with E-state index in [1.807, 2.05) is 18.2 Å². The maximum atomic E-state index is 11.4. The number of benzene rings is 1. The van der Waals surface area contributed by atoms with Crippen LogP contribution in [0.15, 0.2) is 40.0 Å². The summed E-state index contributed by atoms with van der Waals surface area (Å²) in [5, 5.41) is 0. The molecule has 0 radical (unpaired) electrons. The molecular weight excluding hydrogens is 300 g/mol. The van der Waals surface area contributed by atoms with Crippen molar-refractivity contribution < 1.29 is 4.79 Å². The van der Waals surface area contributed by atoms with Crippen LogP contribution in [0.5, 0.6) is 0 Å². The molecule has 1 aromatic carbocycles. The third-order valence-corrected chi connectivity index (χ3v) is 5.09. The molecule has 15 heavy (non-hydrogen) atoms. The Morgan fingerprint density at radius 2 is 1.87 bits per heavy atom. The van der Waals surface area contributed by atoms with Crippen molar-refractivity contribution in [2.24, 2.45) is 5.92 Å². The van der Waals surface area contributed by atoms with Crippen molar-refractivity contribution >= 4 is 30.3 Å². The molecule has 0 bridgehead atoms. The Labute approximate surface area is 102 Å². The third kappa shape index (κ3) is 4.64. The van der Waals surface area contributed by atoms with Crippen molar-refractivity contribution in [2.75, 3.05) is 0 Å². The number of carbonyl (C=O) groups excluding carboxylic acids is 1. The summed E-state index contributed by atoms with van der Waals surface area (Å²) in [4.78, 5) is 11.4. The summed E-state index contributed by atoms with van der Waals surface area (Å²) in [5.41, 5.74) is 0. The van der Waals surface area contributed by atoms with Crippen molar-refractivity contribution in [2.45, 2.75) is 20.8 Å². The summed E-state index contributed by atoms with van der Waals surface area (Å²) in [6.45, 7) is 5.89. The van der Waals surface area contributed by atoms with E-state index in [1.165, 1.54) is 3.61 Å². The van der Waals surface area contributed by atoms with Gasteiger partial charge < -0.3 is 0 Å². The van der Waals surface area contributed by atoms with Gasteiger partial charge in [-0.2, -0.15) is 0 Å². The average molecular weight is 316 g/mol. The first-order chi connectivity index (χ1) is 7.09. The zero-order valence-corrected chi connectivity index (χ0v) is 11.7. The number of hydrogen-bond acceptors (Lipinski definition) is 1. The van der Waals surface area contributed by atoms with E-state index in [0.29, 0.717) is 5.92 Å². The first-order valence-electron chi connectivity index (χ1n) is 5.05. The topological polar surface area (TPSA) is 17.1 Å². The van der Waals surface area contributed by atoms with Crippen LogP contribution in [-0.2, 0) is 4.79 Å². The first kappa shape index (κ1) is 12.5. The summed E-state index contributed by atoms with van der Waals surface area (Å²) in [6, 6.07) is 10.3. The molecule has 2 heteroatoms. The van der Waals surface area contributed by atoms with Crippen LogP contribution in [0.1, 0.15) is 20.8 Å². The van der Waals surface area contributed by atoms with Crippen LogP contribution >= 0.6 is 0 Å². The van der Waals surface area contributed by atoms with Crippen molar-refractivity contribution in [1.82, 2.24) is 0 Å². The van der Waals surface area contributed by atoms with Crippen LogP contribution in [0.2, 0.25) is 0 Å². The van der Waals surface area contributed by atoms with Crippen LogP contribution in [0, 0.1) is 5.92 Å². The van der Waals surface area contributed by atoms with Crippen molar-refractivity contribution in [3.05, 3.63) is 40.0 Å². The molecule has 0 aromatic heterocycles. The van der Waals surface area contributed by atoms with Gasteiger partial charge in [0.25, 0.3) is 0 Å². The molecule has 0 unspecified atom stereocenters. The number of allylic oxidation sites excluding steroid dienone is 2. The molecule has 0 atom stereocenters. The molecule has 0 saturated carbocycles. The SMILES string of the molecule is CC(=O)/C(=C/C(C)C)[Te]c1ccccc1. The van der Waals surface area contributed by atoms with Crippen LogP contribution in [-0.4, -0.2) is 26.7 Å². The van der Waals surface area contributed by atoms with Gasteiger partial charge in [-0.1, -0.05) is 0 Å². The van der Waals surface area contributed by atoms with Crippen LogP contribution in [0.3, 0.4) is 0 Å². The number of hydrogen-bond donors (Lipinski definition) is 0. The molecule has 0 aliphatic rings. The molecule has 0 fully saturated rings. The Hall–Kier alpha value is -0.580. The minimum atomic E-state index is -0.492. The normalized spacial score (nSPS) is 11.9. The van der Waals surface area contributed by atoms with Crippen LogP contribution < -0.4 is 3.61 Å². The van der Waals surface area contributed by atoms with E-state index >= 15 is 0 Å². The minimum absolute atomic E-state index is 0.231. The molecule has 1 nitrogen and oxygen atoms in total. The van der Waals surface area contributed by atoms with E-state index in [2.05, 4.69) is 32.1 Å². The Morgan fingerprint density at radius 3 is 2.33 bits per heavy atom. The number of rotatable bonds is 4. The van der Waals surface area contributed by atoms with Gasteiger partial charge >= 0.3 is 102 Å². The van der Waals surface area contributed by atoms with Gasteiger partial charge in [0.05, 0.1) is 0 Å². The van der Waals surface area contributed by atoms with Gasteiger partial charge in [-0.05, 0) is 0 Å². The fraction of sp³-hybridized carbons (Fsp3) is 0.308. The molecule has 0 saturated heterocycles. The van der Waals surface area contributed by atoms with Gasteiger partial charge in [0, 0.05) is 0 Å². The van der Waals surface area contributed by atoms with Crippen molar-refractivity contribution in [3.63, 3.8) is 0 Å². The number of carbonyl (C=O) groups is 1. The molecule has 0 heterocycles. The third-order valence-electron chi connectivity index (χ3n) is 1.80. The van der Waals surface area contributed by atoms with Gasteiger partial charge in [-0.3, -0.25) is 0 Å². The second-order valence-corrected chi connectivity index (χ2v) is 6.93. The Balaban J connectivity index is 2.81. The number of ketones is 1. The van der Waals surface area contributed by atoms with Crippen molar-refractivity contribution in [3.8, 4) is 0 Å². The molecule has 0 amide bonds. The quantitative estimate of drug-likeness (QED) is 0.614. The molecule has 1 aromatic rings. The van der Waals surface area contributed by atoms with Crippen molar-refractivity contribution in [1.29, 1.82) is 0 Å². The molecule has 0 aliphatic heterocycles. The number of Topliss-reactive ketones (excluding diaryl/α,β-unsaturated/α-hetero) is 1. The van der Waals surface area contributed by atoms with Crippen LogP contribution in [0.25, 0.3) is 0 Å². The van der Waals surface area contributed by atoms with Gasteiger partial charge in [-0.25, -0.2) is 0 Å². The van der Waals surface area contributed by atoms with E-state index in [1.54, 1.807) is 6.92 Å². The van der Waals surface area contributed by atoms with E-state index in [-0.39, 0.29) is 5.78 Å². The fourth-order valence-electron chi connectivity index (χ4n) is 1.14. The summed E-state index contributed by atoms with van der Waals surface area (Å²) < 4.78 is 2.37. The maximum absolute atomic E-state index is 11.4. The van der Waals surface area contributed by atoms with E-state index in [0.717, 1.165) is 3.62 Å². The molecule has 0 spiro atoms. The zero-order valence-electron chi connectivity index (χ0n) is 9.36. The Morgan fingerprint density at radius 1 is 1.27 bits per heavy atom. The fourth-order valence-corrected chi connectivity index (χ4v) is 4.08. The molecular formula is C13H16OTe. The summed E-state index contributed by atoms with van der Waals surface area (Å²) in [6.07, 6.45) is 2.11. The molecule has 80 valence electrons. The summed E-state index contributed by atoms with van der Waals surface area (Å²) >= 11 is -0.492. The average Bonchev–Trinajstić information content (AvgIpc) is 2.17. The zero-order chi connectivity index (χ0) is 11.3. The van der Waals surface area contributed by atoms with Crippen LogP contribution in [0.4, 0.5) is 0 Å². The van der Waals surface area contributed by atoms with Gasteiger partial charge in [0.2, 0.25) is 0 Å². The van der Waals surface area contributed by atoms with E-state index in [4.69, 9.17) is 0 Å². The van der Waals surface area contributed by atoms with Gasteiger partial charge in [-0.15, -0.1) is 0 Å². The molecule has 0 N–H and O–H groups in total. The van der Waals surface area contributed by atoms with E-state index < -0.39 is 20.9 Å². The predicted molar refractivity (Wildman–Crippen MR) is 65.4 cm³/mol. The first-order valence-corrected chi connectivity index (χ1v) is 7.38. The Bertz CT molecular complexity index is 352. The van der Waals surface area contributed by atoms with Gasteiger partial charge in [0.1, 0.15) is 0 Å².